The Balaban J connectivity index is 1.63. The Labute approximate surface area is 248 Å². The van der Waals surface area contributed by atoms with Gasteiger partial charge < -0.3 is 19.5 Å². The van der Waals surface area contributed by atoms with E-state index in [1.165, 1.54) is 17.3 Å². The molecule has 10 heteroatoms. The molecule has 2 heterocycles. The van der Waals surface area contributed by atoms with Gasteiger partial charge >= 0.3 is 0 Å². The van der Waals surface area contributed by atoms with Crippen LogP contribution in [0.1, 0.15) is 24.5 Å². The molecule has 1 saturated heterocycles. The number of anilines is 1. The van der Waals surface area contributed by atoms with Crippen molar-refractivity contribution in [2.75, 3.05) is 18.6 Å². The number of fused-ring (bicyclic) bond motifs is 2. The molecule has 8 nitrogen and oxygen atoms in total. The van der Waals surface area contributed by atoms with Crippen molar-refractivity contribution < 1.29 is 24.3 Å². The fraction of sp³-hybridized carbons (Fsp3) is 0.367. The van der Waals surface area contributed by atoms with Gasteiger partial charge in [-0.3, -0.25) is 14.9 Å². The second kappa shape index (κ2) is 10.9. The van der Waals surface area contributed by atoms with E-state index in [4.69, 9.17) is 9.47 Å². The Morgan fingerprint density at radius 3 is 2.40 bits per heavy atom. The number of ether oxygens (including phenoxy) is 2. The van der Waals surface area contributed by atoms with E-state index < -0.39 is 24.7 Å². The Bertz CT molecular complexity index is 1430. The number of hydrogen-bond donors (Lipinski definition) is 1. The summed E-state index contributed by atoms with van der Waals surface area (Å²) in [5.41, 5.74) is 0.625. The molecule has 0 radical (unpaired) electrons. The second-order valence-corrected chi connectivity index (χ2v) is 17.1. The Morgan fingerprint density at radius 1 is 1.12 bits per heavy atom. The van der Waals surface area contributed by atoms with Gasteiger partial charge in [0.1, 0.15) is 5.75 Å². The first kappa shape index (κ1) is 28.7. The number of carbonyl (C=O) groups is 1. The number of rotatable bonds is 8. The average Bonchev–Trinajstić information content (AvgIpc) is 3.36. The van der Waals surface area contributed by atoms with Crippen molar-refractivity contribution >= 4 is 53.1 Å². The molecule has 2 aliphatic heterocycles. The maximum atomic E-state index is 14.6. The lowest BCUT2D eigenvalue weighted by Crippen LogP contribution is -2.51. The number of benzene rings is 3. The molecule has 0 saturated carbocycles. The maximum absolute atomic E-state index is 14.6. The fourth-order valence-electron chi connectivity index (χ4n) is 6.74. The summed E-state index contributed by atoms with van der Waals surface area (Å²) >= 11 is 2.24. The topological polar surface area (TPSA) is 102 Å². The molecule has 1 fully saturated rings. The zero-order valence-electron chi connectivity index (χ0n) is 23.0. The highest BCUT2D eigenvalue weighted by molar-refractivity contribution is 14.1. The number of carbonyl (C=O) groups excluding carboxylic acids is 1. The summed E-state index contributed by atoms with van der Waals surface area (Å²) < 4.78 is 13.3. The smallest absolute Gasteiger partial charge is 0.269 e. The number of aliphatic hydroxyl groups is 1. The largest absolute Gasteiger partial charge is 0.497 e. The predicted octanol–water partition coefficient (Wildman–Crippen LogP) is 5.35. The molecular formula is C30H33IN2O6Si. The monoisotopic (exact) mass is 672 g/mol. The molecule has 40 heavy (non-hydrogen) atoms. The van der Waals surface area contributed by atoms with E-state index in [9.17, 15) is 20.0 Å². The molecule has 1 spiro atoms. The molecule has 3 aromatic carbocycles. The molecule has 0 bridgehead atoms. The number of nitrogens with zero attached hydrogens (tertiary/aromatic N) is 2. The SMILES string of the molecule is COc1ccc([Si](C)(C)[C@@H]2[C@@H](CCO)O[C@]3(C(=O)N(Cc4ccc(I)cc4)c4ccc([N+](=O)[O-])cc43)[C@H]2C)cc1. The van der Waals surface area contributed by atoms with Crippen LogP contribution in [0.25, 0.3) is 0 Å². The van der Waals surface area contributed by atoms with Gasteiger partial charge in [0.2, 0.25) is 0 Å². The minimum atomic E-state index is -2.32. The molecule has 0 aromatic heterocycles. The lowest BCUT2D eigenvalue weighted by Gasteiger charge is -2.37. The zero-order chi connectivity index (χ0) is 28.8. The number of non-ortho nitro benzene ring substituents is 1. The lowest BCUT2D eigenvalue weighted by molar-refractivity contribution is -0.385. The number of methoxy groups -OCH3 is 1. The van der Waals surface area contributed by atoms with Gasteiger partial charge in [0.05, 0.1) is 38.4 Å². The summed E-state index contributed by atoms with van der Waals surface area (Å²) in [7, 11) is -0.690. The summed E-state index contributed by atoms with van der Waals surface area (Å²) in [4.78, 5) is 27.7. The van der Waals surface area contributed by atoms with Crippen LogP contribution in [0.5, 0.6) is 5.75 Å². The number of hydrogen-bond acceptors (Lipinski definition) is 6. The molecule has 5 rings (SSSR count). The van der Waals surface area contributed by atoms with Crippen molar-refractivity contribution in [3.8, 4) is 5.75 Å². The van der Waals surface area contributed by atoms with Crippen LogP contribution in [0.2, 0.25) is 18.6 Å². The maximum Gasteiger partial charge on any atom is 0.269 e. The quantitative estimate of drug-likeness (QED) is 0.150. The molecule has 4 atom stereocenters. The summed E-state index contributed by atoms with van der Waals surface area (Å²) in [6, 6.07) is 20.6. The third-order valence-electron chi connectivity index (χ3n) is 8.70. The van der Waals surface area contributed by atoms with Crippen LogP contribution >= 0.6 is 22.6 Å². The average molecular weight is 673 g/mol. The second-order valence-electron chi connectivity index (χ2n) is 11.1. The lowest BCUT2D eigenvalue weighted by atomic mass is 9.82. The van der Waals surface area contributed by atoms with Gasteiger partial charge in [0.25, 0.3) is 11.6 Å². The standard InChI is InChI=1S/C30H33IN2O6Si/c1-19-28(40(3,4)24-12-10-23(38-2)11-13-24)27(15-16-34)39-30(19)25-17-22(33(36)37)9-14-26(25)32(29(30)35)18-20-5-7-21(31)8-6-20/h5-14,17,19,27-28,34H,15-16,18H2,1-4H3/t19-,27+,28-,30+/m0/s1. The van der Waals surface area contributed by atoms with Gasteiger partial charge in [-0.05, 0) is 70.4 Å². The summed E-state index contributed by atoms with van der Waals surface area (Å²) in [6.45, 7) is 6.81. The van der Waals surface area contributed by atoms with E-state index in [2.05, 4.69) is 47.8 Å². The predicted molar refractivity (Wildman–Crippen MR) is 165 cm³/mol. The molecule has 0 unspecified atom stereocenters. The van der Waals surface area contributed by atoms with Crippen LogP contribution < -0.4 is 14.8 Å². The van der Waals surface area contributed by atoms with Crippen LogP contribution in [0.4, 0.5) is 11.4 Å². The van der Waals surface area contributed by atoms with E-state index in [-0.39, 0.29) is 29.7 Å². The first-order valence-corrected chi connectivity index (χ1v) is 17.5. The van der Waals surface area contributed by atoms with E-state index in [0.29, 0.717) is 24.2 Å². The number of nitro groups is 1. The van der Waals surface area contributed by atoms with Crippen molar-refractivity contribution in [1.29, 1.82) is 0 Å². The van der Waals surface area contributed by atoms with E-state index >= 15 is 0 Å². The summed E-state index contributed by atoms with van der Waals surface area (Å²) in [5.74, 6) is 0.271. The highest BCUT2D eigenvalue weighted by Crippen LogP contribution is 2.60. The minimum Gasteiger partial charge on any atom is -0.497 e. The van der Waals surface area contributed by atoms with Crippen LogP contribution in [0.3, 0.4) is 0 Å². The van der Waals surface area contributed by atoms with Gasteiger partial charge in [0.15, 0.2) is 5.60 Å². The van der Waals surface area contributed by atoms with Crippen molar-refractivity contribution in [1.82, 2.24) is 0 Å². The number of nitro benzene ring substituents is 1. The fourth-order valence-corrected chi connectivity index (χ4v) is 11.2. The first-order chi connectivity index (χ1) is 19.0. The number of halogens is 1. The van der Waals surface area contributed by atoms with Gasteiger partial charge in [-0.1, -0.05) is 49.5 Å². The molecule has 3 aromatic rings. The van der Waals surface area contributed by atoms with Crippen molar-refractivity contribution in [3.05, 3.63) is 91.5 Å². The van der Waals surface area contributed by atoms with E-state index in [1.807, 2.05) is 43.3 Å². The molecule has 1 amide bonds. The highest BCUT2D eigenvalue weighted by Gasteiger charge is 2.66. The van der Waals surface area contributed by atoms with Crippen LogP contribution in [0.15, 0.2) is 66.7 Å². The number of aliphatic hydroxyl groups excluding tert-OH is 1. The van der Waals surface area contributed by atoms with Crippen LogP contribution in [-0.2, 0) is 21.7 Å². The van der Waals surface area contributed by atoms with Gasteiger partial charge in [-0.25, -0.2) is 0 Å². The van der Waals surface area contributed by atoms with Crippen molar-refractivity contribution in [2.45, 2.75) is 50.2 Å². The summed E-state index contributed by atoms with van der Waals surface area (Å²) in [5, 5.41) is 23.1. The zero-order valence-corrected chi connectivity index (χ0v) is 26.1. The van der Waals surface area contributed by atoms with Crippen molar-refractivity contribution in [2.24, 2.45) is 5.92 Å². The Kier molecular flexibility index (Phi) is 7.81. The minimum absolute atomic E-state index is 0.0395. The van der Waals surface area contributed by atoms with Gasteiger partial charge in [-0.15, -0.1) is 0 Å². The third kappa shape index (κ3) is 4.64. The van der Waals surface area contributed by atoms with Gasteiger partial charge in [0, 0.05) is 33.8 Å². The van der Waals surface area contributed by atoms with Gasteiger partial charge in [-0.2, -0.15) is 0 Å². The number of amides is 1. The third-order valence-corrected chi connectivity index (χ3v) is 13.8. The van der Waals surface area contributed by atoms with E-state index in [0.717, 1.165) is 14.9 Å². The molecule has 210 valence electrons. The van der Waals surface area contributed by atoms with E-state index in [1.54, 1.807) is 18.1 Å². The first-order valence-electron chi connectivity index (χ1n) is 13.3. The Hall–Kier alpha value is -2.80. The van der Waals surface area contributed by atoms with Crippen molar-refractivity contribution in [3.63, 3.8) is 0 Å². The Morgan fingerprint density at radius 2 is 1.80 bits per heavy atom. The molecule has 0 aliphatic carbocycles. The molecular weight excluding hydrogens is 639 g/mol. The molecule has 1 N–H and O–H groups in total. The van der Waals surface area contributed by atoms with Crippen LogP contribution in [-0.4, -0.2) is 43.8 Å². The summed E-state index contributed by atoms with van der Waals surface area (Å²) in [6.07, 6.45) is -0.0176. The molecule has 2 aliphatic rings. The normalized spacial score (nSPS) is 24.0. The van der Waals surface area contributed by atoms with Crippen LogP contribution in [0, 0.1) is 19.6 Å². The highest BCUT2D eigenvalue weighted by atomic mass is 127.